The maximum absolute atomic E-state index is 13.4. The monoisotopic (exact) mass is 222 g/mol. The van der Waals surface area contributed by atoms with Gasteiger partial charge in [0, 0.05) is 20.3 Å². The molecule has 0 saturated carbocycles. The third-order valence-corrected chi connectivity index (χ3v) is 1.94. The molecule has 0 radical (unpaired) electrons. The van der Waals surface area contributed by atoms with E-state index in [-0.39, 0.29) is 5.82 Å². The van der Waals surface area contributed by atoms with Crippen molar-refractivity contribution < 1.29 is 4.39 Å². The van der Waals surface area contributed by atoms with Gasteiger partial charge in [-0.15, -0.1) is 0 Å². The van der Waals surface area contributed by atoms with Gasteiger partial charge in [0.25, 0.3) is 0 Å². The zero-order chi connectivity index (χ0) is 11.5. The van der Waals surface area contributed by atoms with Gasteiger partial charge in [0.05, 0.1) is 18.1 Å². The molecule has 0 aliphatic carbocycles. The van der Waals surface area contributed by atoms with Gasteiger partial charge in [0.15, 0.2) is 11.6 Å². The topological polar surface area (TPSA) is 67.7 Å². The van der Waals surface area contributed by atoms with Crippen LogP contribution in [0.4, 0.5) is 21.8 Å². The summed E-state index contributed by atoms with van der Waals surface area (Å²) in [6.45, 7) is 0. The molecular weight excluding hydrogens is 211 g/mol. The van der Waals surface area contributed by atoms with Gasteiger partial charge < -0.3 is 10.6 Å². The van der Waals surface area contributed by atoms with E-state index in [0.717, 1.165) is 6.20 Å². The lowest BCUT2D eigenvalue weighted by Crippen LogP contribution is -2.02. The summed E-state index contributed by atoms with van der Waals surface area (Å²) in [4.78, 5) is 7.70. The van der Waals surface area contributed by atoms with Crippen LogP contribution in [0.25, 0.3) is 0 Å². The number of hydrogen-bond acceptors (Lipinski definition) is 5. The van der Waals surface area contributed by atoms with E-state index in [1.165, 1.54) is 0 Å². The van der Waals surface area contributed by atoms with Gasteiger partial charge in [-0.1, -0.05) is 0 Å². The van der Waals surface area contributed by atoms with Gasteiger partial charge in [-0.3, -0.25) is 4.68 Å². The Labute approximate surface area is 91.5 Å². The first-order valence-corrected chi connectivity index (χ1v) is 4.65. The number of anilines is 3. The highest BCUT2D eigenvalue weighted by molar-refractivity contribution is 5.55. The lowest BCUT2D eigenvalue weighted by atomic mass is 10.5. The normalized spacial score (nSPS) is 10.2. The Morgan fingerprint density at radius 3 is 2.81 bits per heavy atom. The molecule has 2 N–H and O–H groups in total. The molecule has 0 atom stereocenters. The predicted molar refractivity (Wildman–Crippen MR) is 58.0 cm³/mol. The summed E-state index contributed by atoms with van der Waals surface area (Å²) in [6.07, 6.45) is 4.42. The second-order valence-corrected chi connectivity index (χ2v) is 3.17. The quantitative estimate of drug-likeness (QED) is 0.815. The molecule has 2 aromatic rings. The highest BCUT2D eigenvalue weighted by atomic mass is 19.1. The Morgan fingerprint density at radius 2 is 2.19 bits per heavy atom. The minimum absolute atomic E-state index is 0.118. The van der Waals surface area contributed by atoms with E-state index >= 15 is 0 Å². The van der Waals surface area contributed by atoms with Crippen molar-refractivity contribution in [1.82, 2.24) is 19.7 Å². The van der Waals surface area contributed by atoms with Gasteiger partial charge in [-0.25, -0.2) is 9.37 Å². The van der Waals surface area contributed by atoms with E-state index in [1.807, 2.05) is 0 Å². The predicted octanol–water partition coefficient (Wildman–Crippen LogP) is 1.13. The zero-order valence-electron chi connectivity index (χ0n) is 8.90. The largest absolute Gasteiger partial charge is 0.357 e. The second-order valence-electron chi connectivity index (χ2n) is 3.17. The molecule has 2 rings (SSSR count). The molecule has 0 amide bonds. The molecule has 16 heavy (non-hydrogen) atoms. The molecule has 0 saturated heterocycles. The Bertz CT molecular complexity index is 494. The summed E-state index contributed by atoms with van der Waals surface area (Å²) in [5.41, 5.74) is 0.669. The number of nitrogens with one attached hydrogen (secondary N) is 2. The minimum atomic E-state index is -0.511. The first kappa shape index (κ1) is 10.3. The summed E-state index contributed by atoms with van der Waals surface area (Å²) < 4.78 is 15.0. The van der Waals surface area contributed by atoms with Gasteiger partial charge in [-0.05, 0) is 0 Å². The lowest BCUT2D eigenvalue weighted by Gasteiger charge is -2.05. The number of nitrogens with zero attached hydrogens (tertiary/aromatic N) is 4. The molecule has 0 bridgehead atoms. The van der Waals surface area contributed by atoms with Crippen LogP contribution in [0.2, 0.25) is 0 Å². The van der Waals surface area contributed by atoms with Crippen LogP contribution in [0.1, 0.15) is 0 Å². The summed E-state index contributed by atoms with van der Waals surface area (Å²) in [5.74, 6) is -0.0389. The Hall–Kier alpha value is -2.18. The number of rotatable bonds is 3. The van der Waals surface area contributed by atoms with Crippen LogP contribution in [0.3, 0.4) is 0 Å². The number of aryl methyl sites for hydroxylation is 1. The number of hydrogen-bond donors (Lipinski definition) is 2. The molecule has 2 heterocycles. The van der Waals surface area contributed by atoms with Crippen LogP contribution >= 0.6 is 0 Å². The van der Waals surface area contributed by atoms with Crippen LogP contribution in [0, 0.1) is 5.82 Å². The smallest absolute Gasteiger partial charge is 0.224 e. The van der Waals surface area contributed by atoms with Crippen LogP contribution in [-0.2, 0) is 7.05 Å². The average molecular weight is 222 g/mol. The van der Waals surface area contributed by atoms with Crippen LogP contribution < -0.4 is 10.6 Å². The lowest BCUT2D eigenvalue weighted by molar-refractivity contribution is 0.619. The van der Waals surface area contributed by atoms with Crippen molar-refractivity contribution >= 4 is 17.5 Å². The van der Waals surface area contributed by atoms with Gasteiger partial charge in [-0.2, -0.15) is 10.1 Å². The van der Waals surface area contributed by atoms with E-state index in [9.17, 15) is 4.39 Å². The molecule has 0 aromatic carbocycles. The fourth-order valence-electron chi connectivity index (χ4n) is 1.20. The zero-order valence-corrected chi connectivity index (χ0v) is 8.90. The molecule has 0 spiro atoms. The highest BCUT2D eigenvalue weighted by Gasteiger charge is 2.07. The molecule has 0 unspecified atom stereocenters. The van der Waals surface area contributed by atoms with Gasteiger partial charge in [0.2, 0.25) is 5.95 Å². The van der Waals surface area contributed by atoms with E-state index in [0.29, 0.717) is 11.6 Å². The van der Waals surface area contributed by atoms with Crippen molar-refractivity contribution in [3.63, 3.8) is 0 Å². The van der Waals surface area contributed by atoms with Gasteiger partial charge in [0.1, 0.15) is 0 Å². The minimum Gasteiger partial charge on any atom is -0.357 e. The summed E-state index contributed by atoms with van der Waals surface area (Å²) in [5, 5.41) is 9.51. The summed E-state index contributed by atoms with van der Waals surface area (Å²) in [7, 11) is 3.45. The van der Waals surface area contributed by atoms with Crippen molar-refractivity contribution in [2.45, 2.75) is 0 Å². The molecule has 0 fully saturated rings. The number of halogens is 1. The summed E-state index contributed by atoms with van der Waals surface area (Å²) >= 11 is 0. The van der Waals surface area contributed by atoms with E-state index in [2.05, 4.69) is 25.7 Å². The fourth-order valence-corrected chi connectivity index (χ4v) is 1.20. The standard InChI is InChI=1S/C9H11FN6/c1-11-9-12-4-7(10)8(15-9)14-6-3-13-16(2)5-6/h3-5H,1-2H3,(H2,11,12,14,15). The van der Waals surface area contributed by atoms with Crippen molar-refractivity contribution in [3.8, 4) is 0 Å². The first-order valence-electron chi connectivity index (χ1n) is 4.65. The third-order valence-electron chi connectivity index (χ3n) is 1.94. The van der Waals surface area contributed by atoms with Crippen molar-refractivity contribution in [3.05, 3.63) is 24.4 Å². The summed E-state index contributed by atoms with van der Waals surface area (Å²) in [6, 6.07) is 0. The maximum Gasteiger partial charge on any atom is 0.224 e. The first-order chi connectivity index (χ1) is 7.69. The molecule has 7 heteroatoms. The van der Waals surface area contributed by atoms with E-state index < -0.39 is 5.82 Å². The highest BCUT2D eigenvalue weighted by Crippen LogP contribution is 2.17. The average Bonchev–Trinajstić information content (AvgIpc) is 2.67. The Morgan fingerprint density at radius 1 is 1.38 bits per heavy atom. The molecule has 2 aromatic heterocycles. The van der Waals surface area contributed by atoms with E-state index in [4.69, 9.17) is 0 Å². The van der Waals surface area contributed by atoms with Crippen LogP contribution in [0.5, 0.6) is 0 Å². The maximum atomic E-state index is 13.4. The second kappa shape index (κ2) is 4.13. The van der Waals surface area contributed by atoms with E-state index in [1.54, 1.807) is 31.2 Å². The van der Waals surface area contributed by atoms with Crippen LogP contribution in [0.15, 0.2) is 18.6 Å². The van der Waals surface area contributed by atoms with Crippen LogP contribution in [-0.4, -0.2) is 26.8 Å². The fraction of sp³-hybridized carbons (Fsp3) is 0.222. The molecular formula is C9H11FN6. The van der Waals surface area contributed by atoms with Crippen molar-refractivity contribution in [2.24, 2.45) is 7.05 Å². The molecule has 84 valence electrons. The third kappa shape index (κ3) is 2.08. The Balaban J connectivity index is 2.26. The Kier molecular flexibility index (Phi) is 2.67. The van der Waals surface area contributed by atoms with Gasteiger partial charge >= 0.3 is 0 Å². The molecule has 0 aliphatic heterocycles. The SMILES string of the molecule is CNc1ncc(F)c(Nc2cnn(C)c2)n1. The van der Waals surface area contributed by atoms with Crippen molar-refractivity contribution in [1.29, 1.82) is 0 Å². The van der Waals surface area contributed by atoms with Crippen molar-refractivity contribution in [2.75, 3.05) is 17.7 Å². The number of aromatic nitrogens is 4. The molecule has 6 nitrogen and oxygen atoms in total. The molecule has 0 aliphatic rings.